The highest BCUT2D eigenvalue weighted by Crippen LogP contribution is 2.24. The van der Waals surface area contributed by atoms with Crippen molar-refractivity contribution in [3.63, 3.8) is 0 Å². The zero-order valence-electron chi connectivity index (χ0n) is 16.8. The summed E-state index contributed by atoms with van der Waals surface area (Å²) in [5.41, 5.74) is 4.14. The number of methoxy groups -OCH3 is 1. The van der Waals surface area contributed by atoms with Gasteiger partial charge in [0.25, 0.3) is 0 Å². The van der Waals surface area contributed by atoms with Crippen LogP contribution >= 0.6 is 11.3 Å². The maximum Gasteiger partial charge on any atom is 0.331 e. The highest BCUT2D eigenvalue weighted by molar-refractivity contribution is 7.12. The topological polar surface area (TPSA) is 70.4 Å². The van der Waals surface area contributed by atoms with Gasteiger partial charge in [0.05, 0.1) is 7.11 Å². The zero-order chi connectivity index (χ0) is 21.0. The molecule has 0 saturated carbocycles. The Morgan fingerprint density at radius 2 is 2.03 bits per heavy atom. The van der Waals surface area contributed by atoms with Gasteiger partial charge in [-0.05, 0) is 56.7 Å². The molecule has 0 radical (unpaired) electrons. The molecule has 3 rings (SSSR count). The molecule has 1 aromatic carbocycles. The molecule has 2 aromatic heterocycles. The summed E-state index contributed by atoms with van der Waals surface area (Å²) in [6, 6.07) is 7.06. The SMILES string of the molecule is COc1ccc(C(C)=O)cc1COC(=O)/C=C/c1cc(C)n(-c2nccs2)c1C. The quantitative estimate of drug-likeness (QED) is 0.325. The number of ether oxygens (including phenoxy) is 2. The number of carbonyl (C=O) groups is 2. The van der Waals surface area contributed by atoms with E-state index in [1.54, 1.807) is 41.8 Å². The Labute approximate surface area is 173 Å². The molecule has 0 N–H and O–H groups in total. The predicted molar refractivity (Wildman–Crippen MR) is 113 cm³/mol. The van der Waals surface area contributed by atoms with Crippen LogP contribution in [0.2, 0.25) is 0 Å². The Morgan fingerprint density at radius 3 is 2.69 bits per heavy atom. The first kappa shape index (κ1) is 20.5. The highest BCUT2D eigenvalue weighted by atomic mass is 32.1. The number of esters is 1. The third-order valence-corrected chi connectivity index (χ3v) is 5.29. The summed E-state index contributed by atoms with van der Waals surface area (Å²) in [6.07, 6.45) is 4.90. The van der Waals surface area contributed by atoms with Crippen molar-refractivity contribution in [3.05, 3.63) is 70.0 Å². The zero-order valence-corrected chi connectivity index (χ0v) is 17.6. The van der Waals surface area contributed by atoms with Gasteiger partial charge in [0.2, 0.25) is 0 Å². The molecular weight excluding hydrogens is 388 g/mol. The van der Waals surface area contributed by atoms with Crippen LogP contribution in [0, 0.1) is 13.8 Å². The normalized spacial score (nSPS) is 11.0. The molecule has 0 saturated heterocycles. The van der Waals surface area contributed by atoms with Gasteiger partial charge in [-0.25, -0.2) is 9.78 Å². The van der Waals surface area contributed by atoms with E-state index in [4.69, 9.17) is 9.47 Å². The lowest BCUT2D eigenvalue weighted by Gasteiger charge is -2.09. The fraction of sp³-hybridized carbons (Fsp3) is 0.227. The number of aromatic nitrogens is 2. The van der Waals surface area contributed by atoms with Crippen molar-refractivity contribution >= 4 is 29.2 Å². The van der Waals surface area contributed by atoms with Crippen LogP contribution in [0.1, 0.15) is 39.8 Å². The Bertz CT molecular complexity index is 1060. The average molecular weight is 410 g/mol. The summed E-state index contributed by atoms with van der Waals surface area (Å²) in [4.78, 5) is 28.1. The number of benzene rings is 1. The van der Waals surface area contributed by atoms with Crippen LogP contribution in [0.3, 0.4) is 0 Å². The third kappa shape index (κ3) is 4.63. The number of thiazole rings is 1. The van der Waals surface area contributed by atoms with E-state index in [9.17, 15) is 9.59 Å². The molecule has 0 unspecified atom stereocenters. The number of hydrogen-bond acceptors (Lipinski definition) is 6. The van der Waals surface area contributed by atoms with Gasteiger partial charge in [-0.1, -0.05) is 0 Å². The van der Waals surface area contributed by atoms with Gasteiger partial charge in [-0.2, -0.15) is 0 Å². The van der Waals surface area contributed by atoms with Crippen LogP contribution in [0.5, 0.6) is 5.75 Å². The average Bonchev–Trinajstić information content (AvgIpc) is 3.32. The van der Waals surface area contributed by atoms with Crippen LogP contribution in [0.4, 0.5) is 0 Å². The van der Waals surface area contributed by atoms with Crippen molar-refractivity contribution in [2.45, 2.75) is 27.4 Å². The van der Waals surface area contributed by atoms with Crippen LogP contribution in [0.25, 0.3) is 11.2 Å². The van der Waals surface area contributed by atoms with E-state index in [0.29, 0.717) is 16.9 Å². The molecule has 0 amide bonds. The number of carbonyl (C=O) groups excluding carboxylic acids is 2. The highest BCUT2D eigenvalue weighted by Gasteiger charge is 2.12. The van der Waals surface area contributed by atoms with Crippen LogP contribution in [-0.2, 0) is 16.1 Å². The van der Waals surface area contributed by atoms with Gasteiger partial charge < -0.3 is 9.47 Å². The van der Waals surface area contributed by atoms with Gasteiger partial charge in [0.1, 0.15) is 12.4 Å². The molecule has 0 fully saturated rings. The van der Waals surface area contributed by atoms with Crippen LogP contribution < -0.4 is 4.74 Å². The Morgan fingerprint density at radius 1 is 1.24 bits per heavy atom. The fourth-order valence-corrected chi connectivity index (χ4v) is 3.79. The summed E-state index contributed by atoms with van der Waals surface area (Å²) in [7, 11) is 1.53. The molecule has 150 valence electrons. The van der Waals surface area contributed by atoms with Crippen LogP contribution in [0.15, 0.2) is 41.9 Å². The van der Waals surface area contributed by atoms with Crippen molar-refractivity contribution < 1.29 is 19.1 Å². The van der Waals surface area contributed by atoms with Crippen LogP contribution in [-0.4, -0.2) is 28.4 Å². The molecule has 0 spiro atoms. The lowest BCUT2D eigenvalue weighted by atomic mass is 10.1. The van der Waals surface area contributed by atoms with Crippen molar-refractivity contribution in [1.82, 2.24) is 9.55 Å². The van der Waals surface area contributed by atoms with Gasteiger partial charge in [0, 0.05) is 40.2 Å². The lowest BCUT2D eigenvalue weighted by Crippen LogP contribution is -2.04. The largest absolute Gasteiger partial charge is 0.496 e. The van der Waals surface area contributed by atoms with E-state index in [0.717, 1.165) is 22.1 Å². The first-order chi connectivity index (χ1) is 13.9. The van der Waals surface area contributed by atoms with E-state index in [1.807, 2.05) is 29.9 Å². The summed E-state index contributed by atoms with van der Waals surface area (Å²) in [5, 5.41) is 2.82. The minimum Gasteiger partial charge on any atom is -0.496 e. The number of ketones is 1. The minimum absolute atomic E-state index is 0.0194. The Balaban J connectivity index is 1.71. The van der Waals surface area contributed by atoms with E-state index >= 15 is 0 Å². The van der Waals surface area contributed by atoms with Gasteiger partial charge in [-0.3, -0.25) is 9.36 Å². The molecule has 3 aromatic rings. The molecule has 2 heterocycles. The van der Waals surface area contributed by atoms with Crippen molar-refractivity contribution in [3.8, 4) is 10.9 Å². The first-order valence-corrected chi connectivity index (χ1v) is 9.90. The number of nitrogens with zero attached hydrogens (tertiary/aromatic N) is 2. The molecule has 6 nitrogen and oxygen atoms in total. The van der Waals surface area contributed by atoms with E-state index in [1.165, 1.54) is 20.1 Å². The fourth-order valence-electron chi connectivity index (χ4n) is 3.04. The number of hydrogen-bond donors (Lipinski definition) is 0. The second kappa shape index (κ2) is 8.87. The smallest absolute Gasteiger partial charge is 0.331 e. The summed E-state index contributed by atoms with van der Waals surface area (Å²) in [6.45, 7) is 5.49. The predicted octanol–water partition coefficient (Wildman–Crippen LogP) is 4.52. The van der Waals surface area contributed by atoms with Crippen molar-refractivity contribution in [2.24, 2.45) is 0 Å². The van der Waals surface area contributed by atoms with Gasteiger partial charge >= 0.3 is 5.97 Å². The van der Waals surface area contributed by atoms with Crippen molar-refractivity contribution in [1.29, 1.82) is 0 Å². The molecular formula is C22H22N2O4S. The molecule has 0 atom stereocenters. The molecule has 29 heavy (non-hydrogen) atoms. The van der Waals surface area contributed by atoms with Gasteiger partial charge in [0.15, 0.2) is 10.9 Å². The minimum atomic E-state index is -0.473. The summed E-state index contributed by atoms with van der Waals surface area (Å²) >= 11 is 1.55. The van der Waals surface area contributed by atoms with Gasteiger partial charge in [-0.15, -0.1) is 11.3 Å². The maximum atomic E-state index is 12.2. The maximum absolute atomic E-state index is 12.2. The second-order valence-electron chi connectivity index (χ2n) is 6.50. The number of Topliss-reactive ketones (excluding diaryl/α,β-unsaturated/α-hetero) is 1. The Kier molecular flexibility index (Phi) is 6.29. The lowest BCUT2D eigenvalue weighted by molar-refractivity contribution is -0.138. The number of aryl methyl sites for hydroxylation is 1. The third-order valence-electron chi connectivity index (χ3n) is 4.54. The standard InChI is InChI=1S/C22H22N2O4S/c1-14-11-17(15(2)24(14)22-23-9-10-29-22)6-8-21(26)28-13-19-12-18(16(3)25)5-7-20(19)27-4/h5-12H,13H2,1-4H3/b8-6+. The monoisotopic (exact) mass is 410 g/mol. The second-order valence-corrected chi connectivity index (χ2v) is 7.37. The molecule has 0 aliphatic carbocycles. The summed E-state index contributed by atoms with van der Waals surface area (Å²) in [5.74, 6) is 0.0359. The van der Waals surface area contributed by atoms with E-state index < -0.39 is 5.97 Å². The number of rotatable bonds is 7. The molecule has 7 heteroatoms. The molecule has 0 bridgehead atoms. The van der Waals surface area contributed by atoms with E-state index in [2.05, 4.69) is 4.98 Å². The summed E-state index contributed by atoms with van der Waals surface area (Å²) < 4.78 is 12.7. The van der Waals surface area contributed by atoms with Crippen molar-refractivity contribution in [2.75, 3.05) is 7.11 Å². The molecule has 0 aliphatic rings. The van der Waals surface area contributed by atoms with E-state index in [-0.39, 0.29) is 12.4 Å². The molecule has 0 aliphatic heterocycles. The first-order valence-electron chi connectivity index (χ1n) is 9.02. The Hall–Kier alpha value is -3.19.